The first-order valence-electron chi connectivity index (χ1n) is 5.67. The molecule has 0 N–H and O–H groups in total. The molecule has 0 unspecified atom stereocenters. The number of unbranched alkanes of at least 4 members (excludes halogenated alkanes) is 1. The van der Waals surface area contributed by atoms with Crippen molar-refractivity contribution >= 4 is 5.69 Å². The van der Waals surface area contributed by atoms with Crippen LogP contribution < -0.4 is 4.90 Å². The second kappa shape index (κ2) is 7.30. The maximum atomic E-state index is 5.04. The topological polar surface area (TPSA) is 12.5 Å². The lowest BCUT2D eigenvalue weighted by atomic mass is 10.2. The molecule has 1 aromatic carbocycles. The van der Waals surface area contributed by atoms with E-state index in [2.05, 4.69) is 42.2 Å². The monoisotopic (exact) mass is 207 g/mol. The number of nitrogens with zero attached hydrogens (tertiary/aromatic N) is 1. The third kappa shape index (κ3) is 4.34. The third-order valence-corrected chi connectivity index (χ3v) is 2.53. The summed E-state index contributed by atoms with van der Waals surface area (Å²) in [5, 5.41) is 0. The summed E-state index contributed by atoms with van der Waals surface area (Å²) in [4.78, 5) is 2.40. The van der Waals surface area contributed by atoms with Crippen molar-refractivity contribution in [1.29, 1.82) is 0 Å². The largest absolute Gasteiger partial charge is 0.385 e. The molecule has 0 amide bonds. The van der Waals surface area contributed by atoms with Crippen LogP contribution in [0.25, 0.3) is 0 Å². The highest BCUT2D eigenvalue weighted by Crippen LogP contribution is 2.13. The molecule has 0 saturated carbocycles. The lowest BCUT2D eigenvalue weighted by Crippen LogP contribution is -2.23. The van der Waals surface area contributed by atoms with Crippen molar-refractivity contribution in [3.05, 3.63) is 30.3 Å². The number of para-hydroxylation sites is 1. The quantitative estimate of drug-likeness (QED) is 0.637. The molecule has 0 radical (unpaired) electrons. The predicted molar refractivity (Wildman–Crippen MR) is 65.4 cm³/mol. The van der Waals surface area contributed by atoms with Crippen molar-refractivity contribution in [3.8, 4) is 0 Å². The molecule has 0 atom stereocenters. The smallest absolute Gasteiger partial charge is 0.0462 e. The molecule has 1 rings (SSSR count). The van der Waals surface area contributed by atoms with Crippen molar-refractivity contribution in [2.24, 2.45) is 0 Å². The molecular formula is C13H21NO. The second-order valence-corrected chi connectivity index (χ2v) is 3.62. The lowest BCUT2D eigenvalue weighted by Gasteiger charge is -2.22. The third-order valence-electron chi connectivity index (χ3n) is 2.53. The first kappa shape index (κ1) is 12.1. The van der Waals surface area contributed by atoms with Crippen LogP contribution in [0, 0.1) is 0 Å². The zero-order valence-electron chi connectivity index (χ0n) is 9.78. The Morgan fingerprint density at radius 1 is 1.13 bits per heavy atom. The van der Waals surface area contributed by atoms with Gasteiger partial charge in [0.1, 0.15) is 0 Å². The molecule has 0 aliphatic rings. The molecule has 0 aromatic heterocycles. The lowest BCUT2D eigenvalue weighted by molar-refractivity contribution is 0.193. The van der Waals surface area contributed by atoms with Crippen LogP contribution in [0.3, 0.4) is 0 Å². The normalized spacial score (nSPS) is 10.3. The summed E-state index contributed by atoms with van der Waals surface area (Å²) in [7, 11) is 1.76. The highest BCUT2D eigenvalue weighted by atomic mass is 16.5. The highest BCUT2D eigenvalue weighted by Gasteiger charge is 2.01. The second-order valence-electron chi connectivity index (χ2n) is 3.62. The van der Waals surface area contributed by atoms with Crippen molar-refractivity contribution in [2.75, 3.05) is 31.7 Å². The number of hydrogen-bond donors (Lipinski definition) is 0. The van der Waals surface area contributed by atoms with Crippen molar-refractivity contribution < 1.29 is 4.74 Å². The molecule has 1 aromatic rings. The van der Waals surface area contributed by atoms with Gasteiger partial charge in [-0.1, -0.05) is 18.2 Å². The van der Waals surface area contributed by atoms with Crippen molar-refractivity contribution in [1.82, 2.24) is 0 Å². The van der Waals surface area contributed by atoms with Gasteiger partial charge in [0.2, 0.25) is 0 Å². The Balaban J connectivity index is 2.36. The molecule has 2 heteroatoms. The van der Waals surface area contributed by atoms with E-state index in [-0.39, 0.29) is 0 Å². The molecule has 0 bridgehead atoms. The van der Waals surface area contributed by atoms with Crippen molar-refractivity contribution in [3.63, 3.8) is 0 Å². The van der Waals surface area contributed by atoms with Gasteiger partial charge in [-0.2, -0.15) is 0 Å². The van der Waals surface area contributed by atoms with Crippen LogP contribution in [0.4, 0.5) is 5.69 Å². The molecule has 0 fully saturated rings. The van der Waals surface area contributed by atoms with E-state index >= 15 is 0 Å². The summed E-state index contributed by atoms with van der Waals surface area (Å²) in [5.41, 5.74) is 1.32. The van der Waals surface area contributed by atoms with Crippen LogP contribution in [0.1, 0.15) is 19.8 Å². The minimum Gasteiger partial charge on any atom is -0.385 e. The predicted octanol–water partition coefficient (Wildman–Crippen LogP) is 2.94. The number of anilines is 1. The molecule has 0 heterocycles. The summed E-state index contributed by atoms with van der Waals surface area (Å²) in [6.45, 7) is 5.25. The molecular weight excluding hydrogens is 186 g/mol. The van der Waals surface area contributed by atoms with Gasteiger partial charge in [0.05, 0.1) is 0 Å². The Kier molecular flexibility index (Phi) is 5.86. The number of ether oxygens (including phenoxy) is 1. The average Bonchev–Trinajstić information content (AvgIpc) is 2.30. The maximum absolute atomic E-state index is 5.04. The fourth-order valence-corrected chi connectivity index (χ4v) is 1.66. The van der Waals surface area contributed by atoms with Gasteiger partial charge in [-0.3, -0.25) is 0 Å². The van der Waals surface area contributed by atoms with Crippen LogP contribution in [-0.2, 0) is 4.74 Å². The first-order chi connectivity index (χ1) is 7.38. The van der Waals surface area contributed by atoms with Gasteiger partial charge in [-0.05, 0) is 31.9 Å². The summed E-state index contributed by atoms with van der Waals surface area (Å²) in [5.74, 6) is 0. The molecule has 0 aliphatic carbocycles. The van der Waals surface area contributed by atoms with E-state index in [1.807, 2.05) is 0 Å². The van der Waals surface area contributed by atoms with Gasteiger partial charge in [0.25, 0.3) is 0 Å². The zero-order chi connectivity index (χ0) is 10.9. The van der Waals surface area contributed by atoms with Crippen LogP contribution in [0.5, 0.6) is 0 Å². The molecule has 0 saturated heterocycles. The van der Waals surface area contributed by atoms with Crippen LogP contribution in [-0.4, -0.2) is 26.8 Å². The van der Waals surface area contributed by atoms with Crippen LogP contribution >= 0.6 is 0 Å². The van der Waals surface area contributed by atoms with E-state index in [1.165, 1.54) is 12.1 Å². The molecule has 0 aliphatic heterocycles. The molecule has 0 spiro atoms. The SMILES string of the molecule is CCN(CCCCOC)c1ccccc1. The first-order valence-corrected chi connectivity index (χ1v) is 5.67. The number of benzene rings is 1. The van der Waals surface area contributed by atoms with E-state index in [1.54, 1.807) is 7.11 Å². The zero-order valence-corrected chi connectivity index (χ0v) is 9.78. The maximum Gasteiger partial charge on any atom is 0.0462 e. The number of rotatable bonds is 7. The van der Waals surface area contributed by atoms with Gasteiger partial charge in [-0.25, -0.2) is 0 Å². The van der Waals surface area contributed by atoms with E-state index in [0.29, 0.717) is 0 Å². The average molecular weight is 207 g/mol. The molecule has 2 nitrogen and oxygen atoms in total. The molecule has 84 valence electrons. The fourth-order valence-electron chi connectivity index (χ4n) is 1.66. The minimum absolute atomic E-state index is 0.867. The summed E-state index contributed by atoms with van der Waals surface area (Å²) >= 11 is 0. The van der Waals surface area contributed by atoms with E-state index in [4.69, 9.17) is 4.74 Å². The Morgan fingerprint density at radius 2 is 1.87 bits per heavy atom. The van der Waals surface area contributed by atoms with Crippen molar-refractivity contribution in [2.45, 2.75) is 19.8 Å². The van der Waals surface area contributed by atoms with Gasteiger partial charge in [0.15, 0.2) is 0 Å². The minimum atomic E-state index is 0.867. The Hall–Kier alpha value is -1.02. The Labute approximate surface area is 92.9 Å². The van der Waals surface area contributed by atoms with Gasteiger partial charge >= 0.3 is 0 Å². The summed E-state index contributed by atoms with van der Waals surface area (Å²) in [6, 6.07) is 10.6. The summed E-state index contributed by atoms with van der Waals surface area (Å²) in [6.07, 6.45) is 2.33. The molecule has 15 heavy (non-hydrogen) atoms. The Bertz CT molecular complexity index is 248. The van der Waals surface area contributed by atoms with Gasteiger partial charge in [-0.15, -0.1) is 0 Å². The van der Waals surface area contributed by atoms with E-state index in [9.17, 15) is 0 Å². The van der Waals surface area contributed by atoms with E-state index in [0.717, 1.165) is 26.1 Å². The number of methoxy groups -OCH3 is 1. The van der Waals surface area contributed by atoms with Gasteiger partial charge < -0.3 is 9.64 Å². The Morgan fingerprint density at radius 3 is 2.47 bits per heavy atom. The van der Waals surface area contributed by atoms with Gasteiger partial charge in [0, 0.05) is 32.5 Å². The fraction of sp³-hybridized carbons (Fsp3) is 0.538. The standard InChI is InChI=1S/C13H21NO/c1-3-14(11-7-8-12-15-2)13-9-5-4-6-10-13/h4-6,9-10H,3,7-8,11-12H2,1-2H3. The number of hydrogen-bond acceptors (Lipinski definition) is 2. The summed E-state index contributed by atoms with van der Waals surface area (Å²) < 4.78 is 5.04. The van der Waals surface area contributed by atoms with E-state index < -0.39 is 0 Å². The van der Waals surface area contributed by atoms with Crippen LogP contribution in [0.2, 0.25) is 0 Å². The highest BCUT2D eigenvalue weighted by molar-refractivity contribution is 5.45. The van der Waals surface area contributed by atoms with Crippen LogP contribution in [0.15, 0.2) is 30.3 Å².